The lowest BCUT2D eigenvalue weighted by molar-refractivity contribution is 1.34. The van der Waals surface area contributed by atoms with Crippen molar-refractivity contribution in [2.24, 2.45) is 0 Å². The number of hydrogen-bond acceptors (Lipinski definition) is 2. The van der Waals surface area contributed by atoms with Crippen LogP contribution in [0, 0.1) is 13.1 Å². The minimum atomic E-state index is 0.0347. The Hall–Kier alpha value is -2.01. The van der Waals surface area contributed by atoms with Crippen LogP contribution in [0.2, 0.25) is 0 Å². The summed E-state index contributed by atoms with van der Waals surface area (Å²) in [5.74, 6) is 0.247. The Kier molecular flexibility index (Phi) is 1.27. The molecule has 1 rings (SSSR count). The number of anilines is 1. The van der Waals surface area contributed by atoms with Crippen LogP contribution in [0.3, 0.4) is 0 Å². The second-order valence-electron chi connectivity index (χ2n) is 1.52. The summed E-state index contributed by atoms with van der Waals surface area (Å²) in [5, 5.41) is 0. The number of aromatic amines is 1. The van der Waals surface area contributed by atoms with Crippen LogP contribution in [0.25, 0.3) is 9.69 Å². The molecule has 1 aromatic heterocycles. The van der Waals surface area contributed by atoms with Crippen LogP contribution in [-0.2, 0) is 0 Å². The maximum atomic E-state index is 6.56. The maximum Gasteiger partial charge on any atom is 0.366 e. The summed E-state index contributed by atoms with van der Waals surface area (Å²) >= 11 is 0. The highest BCUT2D eigenvalue weighted by atomic mass is 15.1. The molecule has 0 aliphatic rings. The number of nitrogens with one attached hydrogen (secondary N) is 1. The molecule has 0 bridgehead atoms. The molecule has 0 amide bonds. The van der Waals surface area contributed by atoms with E-state index in [2.05, 4.69) is 19.7 Å². The number of rotatable bonds is 0. The van der Waals surface area contributed by atoms with Crippen LogP contribution >= 0.6 is 0 Å². The first-order valence-electron chi connectivity index (χ1n) is 2.38. The monoisotopic (exact) mass is 133 g/mol. The summed E-state index contributed by atoms with van der Waals surface area (Å²) in [4.78, 5) is 12.0. The lowest BCUT2D eigenvalue weighted by atomic mass is 10.7. The molecule has 1 heterocycles. The molecule has 5 heteroatoms. The van der Waals surface area contributed by atoms with E-state index < -0.39 is 0 Å². The number of H-pyrrole nitrogens is 1. The molecular formula is C5H3N5. The van der Waals surface area contributed by atoms with E-state index in [0.717, 1.165) is 0 Å². The number of imidazole rings is 1. The highest BCUT2D eigenvalue weighted by molar-refractivity contribution is 5.64. The van der Waals surface area contributed by atoms with E-state index in [9.17, 15) is 0 Å². The minimum absolute atomic E-state index is 0.0347. The van der Waals surface area contributed by atoms with Gasteiger partial charge in [-0.2, -0.15) is 0 Å². The SMILES string of the molecule is [C-]#[N+]c1nc(N)[nH]c1[N+]#[C-]. The van der Waals surface area contributed by atoms with Crippen LogP contribution in [0.4, 0.5) is 17.6 Å². The fourth-order valence-electron chi connectivity index (χ4n) is 0.528. The molecule has 10 heavy (non-hydrogen) atoms. The van der Waals surface area contributed by atoms with Crippen molar-refractivity contribution in [2.45, 2.75) is 0 Å². The lowest BCUT2D eigenvalue weighted by Gasteiger charge is -1.78. The van der Waals surface area contributed by atoms with Crippen molar-refractivity contribution >= 4 is 17.6 Å². The van der Waals surface area contributed by atoms with Crippen molar-refractivity contribution in [2.75, 3.05) is 5.73 Å². The average Bonchev–Trinajstić information content (AvgIpc) is 2.30. The number of nitrogen functional groups attached to an aromatic ring is 1. The fraction of sp³-hybridized carbons (Fsp3) is 0. The zero-order valence-electron chi connectivity index (χ0n) is 4.92. The van der Waals surface area contributed by atoms with Gasteiger partial charge < -0.3 is 15.4 Å². The van der Waals surface area contributed by atoms with Crippen LogP contribution in [0.1, 0.15) is 0 Å². The van der Waals surface area contributed by atoms with Crippen molar-refractivity contribution in [1.29, 1.82) is 0 Å². The third-order valence-corrected chi connectivity index (χ3v) is 0.902. The summed E-state index contributed by atoms with van der Waals surface area (Å²) < 4.78 is 0. The first-order valence-corrected chi connectivity index (χ1v) is 2.38. The number of nitrogens with zero attached hydrogens (tertiary/aromatic N) is 3. The molecule has 0 saturated carbocycles. The smallest absolute Gasteiger partial charge is 0.366 e. The van der Waals surface area contributed by atoms with Crippen molar-refractivity contribution < 1.29 is 0 Å². The Morgan fingerprint density at radius 1 is 1.40 bits per heavy atom. The van der Waals surface area contributed by atoms with E-state index in [0.29, 0.717) is 0 Å². The Morgan fingerprint density at radius 2 is 2.10 bits per heavy atom. The average molecular weight is 133 g/mol. The van der Waals surface area contributed by atoms with Gasteiger partial charge in [0.1, 0.15) is 0 Å². The molecule has 0 unspecified atom stereocenters. The number of hydrogen-bond donors (Lipinski definition) is 2. The Morgan fingerprint density at radius 3 is 2.50 bits per heavy atom. The summed E-state index contributed by atoms with van der Waals surface area (Å²) in [6.45, 7) is 13.1. The zero-order valence-corrected chi connectivity index (χ0v) is 4.92. The van der Waals surface area contributed by atoms with E-state index in [1.54, 1.807) is 0 Å². The van der Waals surface area contributed by atoms with Crippen LogP contribution in [0.15, 0.2) is 0 Å². The topological polar surface area (TPSA) is 63.4 Å². The first-order chi connectivity index (χ1) is 4.77. The van der Waals surface area contributed by atoms with Gasteiger partial charge in [-0.25, -0.2) is 0 Å². The highest BCUT2D eigenvalue weighted by Gasteiger charge is 2.08. The number of aromatic nitrogens is 2. The first kappa shape index (κ1) is 6.12. The molecule has 3 N–H and O–H groups in total. The van der Waals surface area contributed by atoms with E-state index >= 15 is 0 Å². The summed E-state index contributed by atoms with van der Waals surface area (Å²) in [6, 6.07) is 0. The maximum absolute atomic E-state index is 6.56. The highest BCUT2D eigenvalue weighted by Crippen LogP contribution is 2.24. The number of nitrogens with two attached hydrogens (primary N) is 1. The largest absolute Gasteiger partial charge is 0.373 e. The molecule has 0 aliphatic heterocycles. The normalized spacial score (nSPS) is 8.20. The Balaban J connectivity index is 3.28. The summed E-state index contributed by atoms with van der Waals surface area (Å²) in [6.07, 6.45) is 0. The second-order valence-corrected chi connectivity index (χ2v) is 1.52. The van der Waals surface area contributed by atoms with Gasteiger partial charge in [0.15, 0.2) is 0 Å². The van der Waals surface area contributed by atoms with Crippen molar-refractivity contribution in [3.63, 3.8) is 0 Å². The lowest BCUT2D eigenvalue weighted by Crippen LogP contribution is -1.83. The molecule has 1 aromatic rings. The Bertz CT molecular complexity index is 291. The van der Waals surface area contributed by atoms with Crippen molar-refractivity contribution in [1.82, 2.24) is 9.97 Å². The van der Waals surface area contributed by atoms with Crippen LogP contribution < -0.4 is 5.73 Å². The van der Waals surface area contributed by atoms with E-state index in [-0.39, 0.29) is 17.6 Å². The predicted octanol–water partition coefficient (Wildman–Crippen LogP) is 1.09. The summed E-state index contributed by atoms with van der Waals surface area (Å²) in [7, 11) is 0. The van der Waals surface area contributed by atoms with Gasteiger partial charge in [0.05, 0.1) is 0 Å². The minimum Gasteiger partial charge on any atom is -0.373 e. The van der Waals surface area contributed by atoms with Gasteiger partial charge in [-0.15, -0.1) is 0 Å². The molecule has 0 aromatic carbocycles. The fourth-order valence-corrected chi connectivity index (χ4v) is 0.528. The van der Waals surface area contributed by atoms with Gasteiger partial charge >= 0.3 is 5.95 Å². The van der Waals surface area contributed by atoms with Gasteiger partial charge in [-0.05, 0) is 0 Å². The third kappa shape index (κ3) is 0.762. The standard InChI is InChI=1S/C5H3N5/c1-7-3-4(8-2)10-5(6)9-3/h(H3,6,9,10). The second kappa shape index (κ2) is 2.08. The molecular weight excluding hydrogens is 130 g/mol. The molecule has 0 radical (unpaired) electrons. The zero-order chi connectivity index (χ0) is 7.56. The molecule has 0 saturated heterocycles. The van der Waals surface area contributed by atoms with Crippen LogP contribution in [0.5, 0.6) is 0 Å². The molecule has 0 atom stereocenters. The van der Waals surface area contributed by atoms with E-state index in [1.807, 2.05) is 0 Å². The van der Waals surface area contributed by atoms with Crippen molar-refractivity contribution in [3.8, 4) is 0 Å². The van der Waals surface area contributed by atoms with E-state index in [4.69, 9.17) is 18.9 Å². The van der Waals surface area contributed by atoms with Gasteiger partial charge in [-0.3, -0.25) is 4.98 Å². The molecule has 0 spiro atoms. The van der Waals surface area contributed by atoms with Crippen molar-refractivity contribution in [3.05, 3.63) is 22.8 Å². The Labute approximate surface area is 57.1 Å². The third-order valence-electron chi connectivity index (χ3n) is 0.902. The van der Waals surface area contributed by atoms with Gasteiger partial charge in [0.2, 0.25) is 0 Å². The van der Waals surface area contributed by atoms with Gasteiger partial charge in [0, 0.05) is 0 Å². The molecule has 0 fully saturated rings. The van der Waals surface area contributed by atoms with Crippen LogP contribution in [-0.4, -0.2) is 9.97 Å². The van der Waals surface area contributed by atoms with Gasteiger partial charge in [-0.1, -0.05) is 18.1 Å². The van der Waals surface area contributed by atoms with E-state index in [1.165, 1.54) is 0 Å². The molecule has 5 nitrogen and oxygen atoms in total. The van der Waals surface area contributed by atoms with Gasteiger partial charge in [0.25, 0.3) is 11.6 Å². The quantitative estimate of drug-likeness (QED) is 0.520. The molecule has 0 aliphatic carbocycles. The predicted molar refractivity (Wildman–Crippen MR) is 35.5 cm³/mol. The molecule has 48 valence electrons. The summed E-state index contributed by atoms with van der Waals surface area (Å²) in [5.41, 5.74) is 5.18.